The number of carbonyl (C=O) groups is 1. The Hall–Kier alpha value is -1.95. The van der Waals surface area contributed by atoms with Crippen LogP contribution in [-0.2, 0) is 4.79 Å². The van der Waals surface area contributed by atoms with E-state index in [0.29, 0.717) is 23.6 Å². The van der Waals surface area contributed by atoms with E-state index in [0.717, 1.165) is 31.5 Å². The van der Waals surface area contributed by atoms with Crippen LogP contribution in [0, 0.1) is 29.9 Å². The van der Waals surface area contributed by atoms with Gasteiger partial charge in [0, 0.05) is 18.1 Å². The molecule has 1 aliphatic heterocycles. The van der Waals surface area contributed by atoms with E-state index in [1.807, 2.05) is 6.92 Å². The standard InChI is InChI=1S/C15H21N3O3/c1-10-7-11(2)14(18(20)21)8-13(10)17-15(19)4-3-12-5-6-16-9-12/h7-8,12,16H,3-6,9H2,1-2H3,(H,17,19). The maximum Gasteiger partial charge on any atom is 0.274 e. The van der Waals surface area contributed by atoms with Gasteiger partial charge in [0.05, 0.1) is 10.6 Å². The zero-order chi connectivity index (χ0) is 15.4. The molecule has 1 fully saturated rings. The average Bonchev–Trinajstić information content (AvgIpc) is 2.92. The summed E-state index contributed by atoms with van der Waals surface area (Å²) < 4.78 is 0. The van der Waals surface area contributed by atoms with Crippen molar-refractivity contribution in [3.05, 3.63) is 33.4 Å². The fourth-order valence-corrected chi connectivity index (χ4v) is 2.68. The summed E-state index contributed by atoms with van der Waals surface area (Å²) in [6.45, 7) is 5.54. The number of hydrogen-bond acceptors (Lipinski definition) is 4. The van der Waals surface area contributed by atoms with Crippen molar-refractivity contribution in [2.45, 2.75) is 33.1 Å². The molecule has 0 saturated carbocycles. The molecule has 2 N–H and O–H groups in total. The largest absolute Gasteiger partial charge is 0.326 e. The first-order valence-corrected chi connectivity index (χ1v) is 7.23. The highest BCUT2D eigenvalue weighted by molar-refractivity contribution is 5.92. The molecule has 1 unspecified atom stereocenters. The minimum atomic E-state index is -0.422. The normalized spacial score (nSPS) is 17.7. The molecule has 21 heavy (non-hydrogen) atoms. The molecule has 2 rings (SSSR count). The first-order valence-electron chi connectivity index (χ1n) is 7.23. The van der Waals surface area contributed by atoms with Crippen molar-refractivity contribution in [1.29, 1.82) is 0 Å². The molecular formula is C15H21N3O3. The Bertz CT molecular complexity index is 551. The number of nitro groups is 1. The van der Waals surface area contributed by atoms with Gasteiger partial charge in [-0.3, -0.25) is 14.9 Å². The van der Waals surface area contributed by atoms with Gasteiger partial charge in [-0.05, 0) is 57.3 Å². The van der Waals surface area contributed by atoms with Crippen LogP contribution in [0.5, 0.6) is 0 Å². The molecular weight excluding hydrogens is 270 g/mol. The van der Waals surface area contributed by atoms with Crippen molar-refractivity contribution in [3.8, 4) is 0 Å². The van der Waals surface area contributed by atoms with Gasteiger partial charge >= 0.3 is 0 Å². The summed E-state index contributed by atoms with van der Waals surface area (Å²) in [6, 6.07) is 3.17. The second kappa shape index (κ2) is 6.67. The van der Waals surface area contributed by atoms with Crippen LogP contribution in [0.3, 0.4) is 0 Å². The molecule has 0 spiro atoms. The number of rotatable bonds is 5. The lowest BCUT2D eigenvalue weighted by molar-refractivity contribution is -0.385. The van der Waals surface area contributed by atoms with Gasteiger partial charge in [0.25, 0.3) is 5.69 Å². The zero-order valence-electron chi connectivity index (χ0n) is 12.4. The van der Waals surface area contributed by atoms with Crippen molar-refractivity contribution in [2.24, 2.45) is 5.92 Å². The molecule has 0 aromatic heterocycles. The van der Waals surface area contributed by atoms with E-state index >= 15 is 0 Å². The molecule has 114 valence electrons. The third-order valence-corrected chi connectivity index (χ3v) is 3.96. The Labute approximate surface area is 124 Å². The predicted molar refractivity (Wildman–Crippen MR) is 81.4 cm³/mol. The van der Waals surface area contributed by atoms with Gasteiger partial charge in [-0.25, -0.2) is 0 Å². The smallest absolute Gasteiger partial charge is 0.274 e. The van der Waals surface area contributed by atoms with Crippen LogP contribution in [0.15, 0.2) is 12.1 Å². The maximum atomic E-state index is 12.0. The van der Waals surface area contributed by atoms with E-state index in [4.69, 9.17) is 0 Å². The highest BCUT2D eigenvalue weighted by Crippen LogP contribution is 2.26. The topological polar surface area (TPSA) is 84.3 Å². The highest BCUT2D eigenvalue weighted by atomic mass is 16.6. The van der Waals surface area contributed by atoms with Gasteiger partial charge in [-0.1, -0.05) is 0 Å². The van der Waals surface area contributed by atoms with Crippen LogP contribution in [0.25, 0.3) is 0 Å². The van der Waals surface area contributed by atoms with Crippen LogP contribution in [-0.4, -0.2) is 23.9 Å². The van der Waals surface area contributed by atoms with Crippen LogP contribution in [0.4, 0.5) is 11.4 Å². The van der Waals surface area contributed by atoms with Crippen molar-refractivity contribution < 1.29 is 9.72 Å². The number of nitro benzene ring substituents is 1. The van der Waals surface area contributed by atoms with Crippen molar-refractivity contribution >= 4 is 17.3 Å². The summed E-state index contributed by atoms with van der Waals surface area (Å²) >= 11 is 0. The fraction of sp³-hybridized carbons (Fsp3) is 0.533. The van der Waals surface area contributed by atoms with Crippen molar-refractivity contribution in [2.75, 3.05) is 18.4 Å². The van der Waals surface area contributed by atoms with Gasteiger partial charge in [0.1, 0.15) is 0 Å². The SMILES string of the molecule is Cc1cc(C)c([N+](=O)[O-])cc1NC(=O)CCC1CCNC1. The van der Waals surface area contributed by atoms with Crippen molar-refractivity contribution in [3.63, 3.8) is 0 Å². The minimum absolute atomic E-state index is 0.0379. The number of carbonyl (C=O) groups excluding carboxylic acids is 1. The van der Waals surface area contributed by atoms with Crippen molar-refractivity contribution in [1.82, 2.24) is 5.32 Å². The maximum absolute atomic E-state index is 12.0. The number of amides is 1. The molecule has 1 heterocycles. The molecule has 6 nitrogen and oxygen atoms in total. The number of nitrogens with one attached hydrogen (secondary N) is 2. The van der Waals surface area contributed by atoms with E-state index in [1.165, 1.54) is 6.07 Å². The molecule has 1 atom stereocenters. The van der Waals surface area contributed by atoms with Crippen LogP contribution in [0.1, 0.15) is 30.4 Å². The number of aryl methyl sites for hydroxylation is 2. The summed E-state index contributed by atoms with van der Waals surface area (Å²) in [5, 5.41) is 17.0. The first kappa shape index (κ1) is 15.4. The Morgan fingerprint density at radius 1 is 1.43 bits per heavy atom. The van der Waals surface area contributed by atoms with Gasteiger partial charge in [-0.15, -0.1) is 0 Å². The fourth-order valence-electron chi connectivity index (χ4n) is 2.68. The highest BCUT2D eigenvalue weighted by Gasteiger charge is 2.17. The van der Waals surface area contributed by atoms with Gasteiger partial charge in [0.2, 0.25) is 5.91 Å². The third-order valence-electron chi connectivity index (χ3n) is 3.96. The van der Waals surface area contributed by atoms with Crippen LogP contribution in [0.2, 0.25) is 0 Å². The first-order chi connectivity index (χ1) is 9.97. The lowest BCUT2D eigenvalue weighted by atomic mass is 10.0. The van der Waals surface area contributed by atoms with E-state index in [2.05, 4.69) is 10.6 Å². The minimum Gasteiger partial charge on any atom is -0.326 e. The molecule has 1 saturated heterocycles. The third kappa shape index (κ3) is 4.01. The van der Waals surface area contributed by atoms with Gasteiger partial charge in [0.15, 0.2) is 0 Å². The second-order valence-electron chi connectivity index (χ2n) is 5.66. The van der Waals surface area contributed by atoms with E-state index in [1.54, 1.807) is 13.0 Å². The van der Waals surface area contributed by atoms with Gasteiger partial charge in [-0.2, -0.15) is 0 Å². The number of anilines is 1. The summed E-state index contributed by atoms with van der Waals surface area (Å²) in [6.07, 6.45) is 2.42. The molecule has 1 aromatic carbocycles. The molecule has 1 amide bonds. The molecule has 1 aromatic rings. The number of nitrogens with zero attached hydrogens (tertiary/aromatic N) is 1. The van der Waals surface area contributed by atoms with Gasteiger partial charge < -0.3 is 10.6 Å². The molecule has 6 heteroatoms. The van der Waals surface area contributed by atoms with Crippen LogP contribution >= 0.6 is 0 Å². The zero-order valence-corrected chi connectivity index (χ0v) is 12.4. The second-order valence-corrected chi connectivity index (χ2v) is 5.66. The molecule has 0 bridgehead atoms. The average molecular weight is 291 g/mol. The Balaban J connectivity index is 1.99. The molecule has 0 radical (unpaired) electrons. The Morgan fingerprint density at radius 3 is 2.81 bits per heavy atom. The van der Waals surface area contributed by atoms with Crippen LogP contribution < -0.4 is 10.6 Å². The summed E-state index contributed by atoms with van der Waals surface area (Å²) in [4.78, 5) is 22.5. The quantitative estimate of drug-likeness (QED) is 0.645. The molecule has 1 aliphatic rings. The summed E-state index contributed by atoms with van der Waals surface area (Å²) in [5.41, 5.74) is 2.01. The van der Waals surface area contributed by atoms with E-state index < -0.39 is 4.92 Å². The number of benzene rings is 1. The lowest BCUT2D eigenvalue weighted by Crippen LogP contribution is -2.15. The summed E-state index contributed by atoms with van der Waals surface area (Å²) in [7, 11) is 0. The lowest BCUT2D eigenvalue weighted by Gasteiger charge is -2.11. The molecule has 0 aliphatic carbocycles. The van der Waals surface area contributed by atoms with E-state index in [9.17, 15) is 14.9 Å². The Morgan fingerprint density at radius 2 is 2.19 bits per heavy atom. The predicted octanol–water partition coefficient (Wildman–Crippen LogP) is 2.54. The Kier molecular flexibility index (Phi) is 4.90. The number of hydrogen-bond donors (Lipinski definition) is 2. The summed E-state index contributed by atoms with van der Waals surface area (Å²) in [5.74, 6) is 0.479. The monoisotopic (exact) mass is 291 g/mol. The van der Waals surface area contributed by atoms with E-state index in [-0.39, 0.29) is 11.6 Å².